The van der Waals surface area contributed by atoms with Crippen LogP contribution in [0.5, 0.6) is 5.88 Å². The molecule has 0 fully saturated rings. The van der Waals surface area contributed by atoms with Crippen LogP contribution in [-0.2, 0) is 27.4 Å². The fourth-order valence-electron chi connectivity index (χ4n) is 4.24. The standard InChI is InChI=1S/C19H14N4O.C18H17N5O3/c1-2-14-6-8-15(9-7-14)13-18(24)22-17-10-12-21-19(23-17)16-5-3-4-11-20-16;1-25-17-6-5-13(10-21-17)11-26-12-16(24)22-15-7-9-20-18(23-15)14-4-2-3-8-19-14/h1,3-12H,13H2,(H,21,22,23,24);2-10H,11-12H2,1H3,(H,20,22,23,24). The number of rotatable bonds is 11. The molecule has 5 heterocycles. The second-order valence-corrected chi connectivity index (χ2v) is 10.3. The van der Waals surface area contributed by atoms with Crippen LogP contribution in [-0.4, -0.2) is 60.4 Å². The van der Waals surface area contributed by atoms with E-state index in [1.54, 1.807) is 62.4 Å². The summed E-state index contributed by atoms with van der Waals surface area (Å²) in [7, 11) is 1.55. The van der Waals surface area contributed by atoms with Crippen molar-refractivity contribution in [1.29, 1.82) is 0 Å². The molecule has 0 aliphatic heterocycles. The molecule has 248 valence electrons. The van der Waals surface area contributed by atoms with Gasteiger partial charge in [0.05, 0.1) is 20.1 Å². The Bertz CT molecular complexity index is 2040. The van der Waals surface area contributed by atoms with Gasteiger partial charge in [-0.25, -0.2) is 24.9 Å². The lowest BCUT2D eigenvalue weighted by Gasteiger charge is -2.07. The van der Waals surface area contributed by atoms with Crippen molar-refractivity contribution in [2.45, 2.75) is 13.0 Å². The number of hydrogen-bond acceptors (Lipinski definition) is 11. The number of terminal acetylenes is 1. The summed E-state index contributed by atoms with van der Waals surface area (Å²) in [5, 5.41) is 5.45. The van der Waals surface area contributed by atoms with Crippen LogP contribution in [0, 0.1) is 12.3 Å². The molecule has 0 aliphatic carbocycles. The molecule has 0 saturated carbocycles. The highest BCUT2D eigenvalue weighted by atomic mass is 16.5. The number of ether oxygens (including phenoxy) is 2. The number of amides is 2. The molecule has 0 saturated heterocycles. The van der Waals surface area contributed by atoms with Gasteiger partial charge >= 0.3 is 0 Å². The molecule has 13 nitrogen and oxygen atoms in total. The van der Waals surface area contributed by atoms with Crippen LogP contribution < -0.4 is 15.4 Å². The molecule has 5 aromatic heterocycles. The van der Waals surface area contributed by atoms with Crippen molar-refractivity contribution in [1.82, 2.24) is 34.9 Å². The molecular weight excluding hydrogens is 634 g/mol. The van der Waals surface area contributed by atoms with Crippen molar-refractivity contribution in [3.8, 4) is 41.3 Å². The van der Waals surface area contributed by atoms with E-state index in [4.69, 9.17) is 15.9 Å². The highest BCUT2D eigenvalue weighted by molar-refractivity contribution is 5.91. The van der Waals surface area contributed by atoms with Crippen LogP contribution in [0.15, 0.2) is 116 Å². The predicted molar refractivity (Wildman–Crippen MR) is 186 cm³/mol. The Hall–Kier alpha value is -6.91. The molecule has 1 aromatic carbocycles. The number of nitrogens with zero attached hydrogens (tertiary/aromatic N) is 7. The van der Waals surface area contributed by atoms with Crippen LogP contribution in [0.25, 0.3) is 23.0 Å². The number of pyridine rings is 3. The number of aromatic nitrogens is 7. The Kier molecular flexibility index (Phi) is 12.3. The summed E-state index contributed by atoms with van der Waals surface area (Å²) in [6, 6.07) is 25.1. The first-order valence-corrected chi connectivity index (χ1v) is 15.2. The van der Waals surface area contributed by atoms with Gasteiger partial charge in [-0.3, -0.25) is 19.6 Å². The molecule has 0 unspecified atom stereocenters. The van der Waals surface area contributed by atoms with Gasteiger partial charge in [-0.05, 0) is 65.7 Å². The minimum Gasteiger partial charge on any atom is -0.481 e. The molecular formula is C37H31N9O4. The first-order chi connectivity index (χ1) is 24.5. The van der Waals surface area contributed by atoms with Gasteiger partial charge in [-0.1, -0.05) is 30.2 Å². The van der Waals surface area contributed by atoms with Gasteiger partial charge in [0.1, 0.15) is 29.6 Å². The van der Waals surface area contributed by atoms with Crippen LogP contribution in [0.1, 0.15) is 16.7 Å². The van der Waals surface area contributed by atoms with Gasteiger partial charge in [0.15, 0.2) is 11.6 Å². The number of carbonyl (C=O) groups excluding carboxylic acids is 2. The minimum absolute atomic E-state index is 0.102. The van der Waals surface area contributed by atoms with Gasteiger partial charge < -0.3 is 20.1 Å². The summed E-state index contributed by atoms with van der Waals surface area (Å²) >= 11 is 0. The second-order valence-electron chi connectivity index (χ2n) is 10.3. The summed E-state index contributed by atoms with van der Waals surface area (Å²) in [6.07, 6.45) is 13.7. The van der Waals surface area contributed by atoms with Crippen LogP contribution in [0.2, 0.25) is 0 Å². The van der Waals surface area contributed by atoms with Gasteiger partial charge in [-0.15, -0.1) is 6.42 Å². The summed E-state index contributed by atoms with van der Waals surface area (Å²) in [5.74, 6) is 4.34. The number of benzene rings is 1. The van der Waals surface area contributed by atoms with E-state index in [-0.39, 0.29) is 31.4 Å². The Morgan fingerprint density at radius 2 is 1.28 bits per heavy atom. The van der Waals surface area contributed by atoms with Gasteiger partial charge in [0, 0.05) is 42.6 Å². The van der Waals surface area contributed by atoms with Crippen molar-refractivity contribution in [2.24, 2.45) is 0 Å². The number of nitrogens with one attached hydrogen (secondary N) is 2. The fourth-order valence-corrected chi connectivity index (χ4v) is 4.24. The Morgan fingerprint density at radius 1 is 0.680 bits per heavy atom. The highest BCUT2D eigenvalue weighted by Crippen LogP contribution is 2.15. The van der Waals surface area contributed by atoms with Crippen molar-refractivity contribution in [3.63, 3.8) is 0 Å². The van der Waals surface area contributed by atoms with E-state index in [9.17, 15) is 9.59 Å². The van der Waals surface area contributed by atoms with Gasteiger partial charge in [0.2, 0.25) is 11.8 Å². The van der Waals surface area contributed by atoms with Crippen LogP contribution in [0.4, 0.5) is 11.6 Å². The summed E-state index contributed by atoms with van der Waals surface area (Å²) in [5.41, 5.74) is 3.80. The maximum atomic E-state index is 12.2. The molecule has 0 aliphatic rings. The van der Waals surface area contributed by atoms with Crippen LogP contribution in [0.3, 0.4) is 0 Å². The van der Waals surface area contributed by atoms with Gasteiger partial charge in [-0.2, -0.15) is 0 Å². The molecule has 0 spiro atoms. The number of anilines is 2. The molecule has 2 N–H and O–H groups in total. The van der Waals surface area contributed by atoms with E-state index in [0.29, 0.717) is 40.6 Å². The lowest BCUT2D eigenvalue weighted by atomic mass is 10.1. The van der Waals surface area contributed by atoms with E-state index < -0.39 is 0 Å². The number of carbonyl (C=O) groups is 2. The number of methoxy groups -OCH3 is 1. The smallest absolute Gasteiger partial charge is 0.251 e. The van der Waals surface area contributed by atoms with Crippen molar-refractivity contribution >= 4 is 23.5 Å². The minimum atomic E-state index is -0.308. The third kappa shape index (κ3) is 10.6. The first kappa shape index (κ1) is 34.4. The molecule has 13 heteroatoms. The lowest BCUT2D eigenvalue weighted by Crippen LogP contribution is -2.19. The normalized spacial score (nSPS) is 10.2. The predicted octanol–water partition coefficient (Wildman–Crippen LogP) is 4.80. The Morgan fingerprint density at radius 3 is 1.80 bits per heavy atom. The molecule has 50 heavy (non-hydrogen) atoms. The molecule has 2 amide bonds. The van der Waals surface area contributed by atoms with E-state index in [1.165, 1.54) is 0 Å². The molecule has 6 aromatic rings. The monoisotopic (exact) mass is 665 g/mol. The maximum Gasteiger partial charge on any atom is 0.251 e. The Balaban J connectivity index is 0.000000195. The second kappa shape index (κ2) is 17.9. The van der Waals surface area contributed by atoms with Gasteiger partial charge in [0.25, 0.3) is 5.91 Å². The molecule has 6 rings (SSSR count). The fraction of sp³-hybridized carbons (Fsp3) is 0.108. The SMILES string of the molecule is C#Cc1ccc(CC(=O)Nc2ccnc(-c3ccccn3)n2)cc1.COc1ccc(COCC(=O)Nc2ccnc(-c3ccccn3)n2)cn1. The zero-order valence-electron chi connectivity index (χ0n) is 26.9. The Labute approximate surface area is 288 Å². The van der Waals surface area contributed by atoms with E-state index >= 15 is 0 Å². The highest BCUT2D eigenvalue weighted by Gasteiger charge is 2.09. The largest absolute Gasteiger partial charge is 0.481 e. The lowest BCUT2D eigenvalue weighted by molar-refractivity contribution is -0.121. The first-order valence-electron chi connectivity index (χ1n) is 15.2. The van der Waals surface area contributed by atoms with E-state index in [0.717, 1.165) is 16.7 Å². The van der Waals surface area contributed by atoms with E-state index in [2.05, 4.69) is 51.4 Å². The molecule has 0 atom stereocenters. The molecule has 0 radical (unpaired) electrons. The summed E-state index contributed by atoms with van der Waals surface area (Å²) < 4.78 is 10.4. The van der Waals surface area contributed by atoms with E-state index in [1.807, 2.05) is 60.7 Å². The summed E-state index contributed by atoms with van der Waals surface area (Å²) in [6.45, 7) is 0.169. The quantitative estimate of drug-likeness (QED) is 0.183. The zero-order valence-corrected chi connectivity index (χ0v) is 26.9. The van der Waals surface area contributed by atoms with Crippen molar-refractivity contribution in [3.05, 3.63) is 133 Å². The van der Waals surface area contributed by atoms with Crippen molar-refractivity contribution in [2.75, 3.05) is 24.4 Å². The van der Waals surface area contributed by atoms with Crippen LogP contribution >= 0.6 is 0 Å². The number of hydrogen-bond donors (Lipinski definition) is 2. The average Bonchev–Trinajstić information content (AvgIpc) is 3.16. The molecule has 0 bridgehead atoms. The van der Waals surface area contributed by atoms with Crippen molar-refractivity contribution < 1.29 is 19.1 Å². The average molecular weight is 666 g/mol. The maximum absolute atomic E-state index is 12.2. The third-order valence-electron chi connectivity index (χ3n) is 6.63. The summed E-state index contributed by atoms with van der Waals surface area (Å²) in [4.78, 5) is 53.6. The third-order valence-corrected chi connectivity index (χ3v) is 6.63. The topological polar surface area (TPSA) is 167 Å². The zero-order chi connectivity index (χ0) is 35.0.